The van der Waals surface area contributed by atoms with E-state index in [4.69, 9.17) is 9.47 Å². The van der Waals surface area contributed by atoms with Gasteiger partial charge in [-0.3, -0.25) is 0 Å². The van der Waals surface area contributed by atoms with E-state index in [1.165, 1.54) is 0 Å². The minimum absolute atomic E-state index is 0.383. The van der Waals surface area contributed by atoms with Crippen LogP contribution in [0.25, 0.3) is 0 Å². The Balaban J connectivity index is 1.92. The molecule has 0 aliphatic heterocycles. The topological polar surface area (TPSA) is 48.4 Å². The number of benzene rings is 2. The fourth-order valence-corrected chi connectivity index (χ4v) is 2.48. The molecule has 4 heteroatoms. The Morgan fingerprint density at radius 1 is 0.920 bits per heavy atom. The molecule has 1 aromatic heterocycles. The van der Waals surface area contributed by atoms with Crippen LogP contribution in [0.15, 0.2) is 60.8 Å². The Labute approximate surface area is 147 Å². The molecule has 0 fully saturated rings. The zero-order valence-electron chi connectivity index (χ0n) is 14.4. The Morgan fingerprint density at radius 2 is 1.68 bits per heavy atom. The van der Waals surface area contributed by atoms with Gasteiger partial charge in [0, 0.05) is 12.3 Å². The van der Waals surface area contributed by atoms with Crippen molar-refractivity contribution in [1.82, 2.24) is 4.98 Å². The van der Waals surface area contributed by atoms with Gasteiger partial charge in [0.2, 0.25) is 5.88 Å². The fraction of sp³-hybridized carbons (Fsp3) is 0.143. The van der Waals surface area contributed by atoms with Gasteiger partial charge in [-0.1, -0.05) is 29.8 Å². The van der Waals surface area contributed by atoms with E-state index in [0.717, 1.165) is 16.7 Å². The maximum absolute atomic E-state index is 12.5. The van der Waals surface area contributed by atoms with Gasteiger partial charge in [0.15, 0.2) is 11.5 Å². The molecule has 2 aromatic carbocycles. The minimum atomic E-state index is -0.420. The lowest BCUT2D eigenvalue weighted by Gasteiger charge is -2.14. The molecule has 0 radical (unpaired) electrons. The number of pyridine rings is 1. The van der Waals surface area contributed by atoms with Crippen molar-refractivity contribution in [2.45, 2.75) is 20.8 Å². The smallest absolute Gasteiger partial charge is 0.343 e. The van der Waals surface area contributed by atoms with E-state index in [1.807, 2.05) is 51.1 Å². The van der Waals surface area contributed by atoms with Crippen LogP contribution >= 0.6 is 0 Å². The highest BCUT2D eigenvalue weighted by Gasteiger charge is 2.16. The lowest BCUT2D eigenvalue weighted by molar-refractivity contribution is 0.0730. The van der Waals surface area contributed by atoms with Crippen LogP contribution in [-0.2, 0) is 0 Å². The average molecular weight is 333 g/mol. The van der Waals surface area contributed by atoms with Crippen molar-refractivity contribution in [3.63, 3.8) is 0 Å². The van der Waals surface area contributed by atoms with Crippen molar-refractivity contribution in [3.8, 4) is 17.4 Å². The number of rotatable bonds is 4. The summed E-state index contributed by atoms with van der Waals surface area (Å²) in [7, 11) is 0. The van der Waals surface area contributed by atoms with Gasteiger partial charge in [-0.15, -0.1) is 0 Å². The third-order valence-corrected chi connectivity index (χ3v) is 3.72. The van der Waals surface area contributed by atoms with E-state index in [2.05, 4.69) is 4.98 Å². The summed E-state index contributed by atoms with van der Waals surface area (Å²) < 4.78 is 11.5. The normalized spacial score (nSPS) is 10.4. The number of hydrogen-bond donors (Lipinski definition) is 0. The van der Waals surface area contributed by atoms with Crippen molar-refractivity contribution < 1.29 is 14.3 Å². The van der Waals surface area contributed by atoms with Gasteiger partial charge in [0.05, 0.1) is 5.56 Å². The number of aryl methyl sites for hydroxylation is 3. The molecule has 0 bridgehead atoms. The molecule has 25 heavy (non-hydrogen) atoms. The minimum Gasteiger partial charge on any atom is -0.435 e. The van der Waals surface area contributed by atoms with Crippen molar-refractivity contribution in [1.29, 1.82) is 0 Å². The quantitative estimate of drug-likeness (QED) is 0.497. The number of esters is 1. The molecular weight excluding hydrogens is 314 g/mol. The van der Waals surface area contributed by atoms with Crippen molar-refractivity contribution in [2.75, 3.05) is 0 Å². The number of carbonyl (C=O) groups is 1. The second-order valence-corrected chi connectivity index (χ2v) is 5.93. The first-order valence-electron chi connectivity index (χ1n) is 8.02. The SMILES string of the molecule is Cc1ccc(C(=O)Oc2cc(C)cc(C)c2Oc2ccccn2)cc1. The molecule has 126 valence electrons. The van der Waals surface area contributed by atoms with E-state index < -0.39 is 5.97 Å². The molecule has 4 nitrogen and oxygen atoms in total. The van der Waals surface area contributed by atoms with Gasteiger partial charge >= 0.3 is 5.97 Å². The summed E-state index contributed by atoms with van der Waals surface area (Å²) >= 11 is 0. The van der Waals surface area contributed by atoms with Crippen LogP contribution in [0.4, 0.5) is 0 Å². The summed E-state index contributed by atoms with van der Waals surface area (Å²) in [6.07, 6.45) is 1.65. The predicted molar refractivity (Wildman–Crippen MR) is 96.4 cm³/mol. The first kappa shape index (κ1) is 16.7. The number of ether oxygens (including phenoxy) is 2. The van der Waals surface area contributed by atoms with Gasteiger partial charge in [-0.05, 0) is 56.2 Å². The number of carbonyl (C=O) groups excluding carboxylic acids is 1. The monoisotopic (exact) mass is 333 g/mol. The van der Waals surface area contributed by atoms with Crippen LogP contribution in [0, 0.1) is 20.8 Å². The molecule has 3 rings (SSSR count). The third kappa shape index (κ3) is 4.04. The molecule has 0 amide bonds. The molecule has 0 N–H and O–H groups in total. The number of nitrogens with zero attached hydrogens (tertiary/aromatic N) is 1. The van der Waals surface area contributed by atoms with Crippen LogP contribution in [-0.4, -0.2) is 11.0 Å². The summed E-state index contributed by atoms with van der Waals surface area (Å²) in [5.74, 6) is 0.899. The van der Waals surface area contributed by atoms with E-state index in [-0.39, 0.29) is 0 Å². The van der Waals surface area contributed by atoms with Crippen LogP contribution in [0.2, 0.25) is 0 Å². The summed E-state index contributed by atoms with van der Waals surface area (Å²) in [6, 6.07) is 16.4. The van der Waals surface area contributed by atoms with E-state index in [9.17, 15) is 4.79 Å². The Kier molecular flexibility index (Phi) is 4.80. The highest BCUT2D eigenvalue weighted by atomic mass is 16.6. The van der Waals surface area contributed by atoms with Gasteiger partial charge in [-0.25, -0.2) is 9.78 Å². The van der Waals surface area contributed by atoms with Gasteiger partial charge in [0.1, 0.15) is 0 Å². The molecule has 0 atom stereocenters. The molecule has 0 spiro atoms. The second kappa shape index (κ2) is 7.18. The lowest BCUT2D eigenvalue weighted by Crippen LogP contribution is -2.09. The third-order valence-electron chi connectivity index (χ3n) is 3.72. The van der Waals surface area contributed by atoms with E-state index >= 15 is 0 Å². The molecular formula is C21H19NO3. The summed E-state index contributed by atoms with van der Waals surface area (Å²) in [5.41, 5.74) is 3.44. The fourth-order valence-electron chi connectivity index (χ4n) is 2.48. The summed E-state index contributed by atoms with van der Waals surface area (Å²) in [6.45, 7) is 5.83. The maximum atomic E-state index is 12.5. The molecule has 0 aliphatic rings. The first-order chi connectivity index (χ1) is 12.0. The van der Waals surface area contributed by atoms with Crippen molar-refractivity contribution in [3.05, 3.63) is 83.0 Å². The standard InChI is InChI=1S/C21H19NO3/c1-14-7-9-17(10-8-14)21(23)24-18-13-15(2)12-16(3)20(18)25-19-6-4-5-11-22-19/h4-13H,1-3H3. The zero-order valence-corrected chi connectivity index (χ0v) is 14.4. The predicted octanol–water partition coefficient (Wildman–Crippen LogP) is 5.02. The average Bonchev–Trinajstić information content (AvgIpc) is 2.59. The zero-order chi connectivity index (χ0) is 17.8. The molecule has 0 aliphatic carbocycles. The highest BCUT2D eigenvalue weighted by Crippen LogP contribution is 2.36. The molecule has 3 aromatic rings. The molecule has 0 unspecified atom stereocenters. The molecule has 0 saturated heterocycles. The van der Waals surface area contributed by atoms with Gasteiger partial charge < -0.3 is 9.47 Å². The van der Waals surface area contributed by atoms with Gasteiger partial charge in [-0.2, -0.15) is 0 Å². The first-order valence-corrected chi connectivity index (χ1v) is 8.02. The van der Waals surface area contributed by atoms with Crippen LogP contribution in [0.3, 0.4) is 0 Å². The Hall–Kier alpha value is -3.14. The van der Waals surface area contributed by atoms with Crippen LogP contribution < -0.4 is 9.47 Å². The number of aromatic nitrogens is 1. The Bertz CT molecular complexity index is 887. The highest BCUT2D eigenvalue weighted by molar-refractivity contribution is 5.91. The molecule has 1 heterocycles. The van der Waals surface area contributed by atoms with Crippen molar-refractivity contribution >= 4 is 5.97 Å². The Morgan fingerprint density at radius 3 is 2.36 bits per heavy atom. The molecule has 0 saturated carbocycles. The largest absolute Gasteiger partial charge is 0.435 e. The van der Waals surface area contributed by atoms with Crippen molar-refractivity contribution in [2.24, 2.45) is 0 Å². The van der Waals surface area contributed by atoms with E-state index in [0.29, 0.717) is 22.9 Å². The number of hydrogen-bond acceptors (Lipinski definition) is 4. The summed E-state index contributed by atoms with van der Waals surface area (Å²) in [4.78, 5) is 16.6. The summed E-state index contributed by atoms with van der Waals surface area (Å²) in [5, 5.41) is 0. The van der Waals surface area contributed by atoms with E-state index in [1.54, 1.807) is 30.5 Å². The lowest BCUT2D eigenvalue weighted by atomic mass is 10.1. The maximum Gasteiger partial charge on any atom is 0.343 e. The van der Waals surface area contributed by atoms with Crippen LogP contribution in [0.5, 0.6) is 17.4 Å². The van der Waals surface area contributed by atoms with Crippen LogP contribution in [0.1, 0.15) is 27.0 Å². The second-order valence-electron chi connectivity index (χ2n) is 5.93. The van der Waals surface area contributed by atoms with Gasteiger partial charge in [0.25, 0.3) is 0 Å².